The normalized spacial score (nSPS) is 14.8. The summed E-state index contributed by atoms with van der Waals surface area (Å²) in [7, 11) is 0. The van der Waals surface area contributed by atoms with E-state index in [9.17, 15) is 9.59 Å². The Hall–Kier alpha value is -4.06. The molecule has 0 spiro atoms. The van der Waals surface area contributed by atoms with Gasteiger partial charge in [-0.25, -0.2) is 4.98 Å². The summed E-state index contributed by atoms with van der Waals surface area (Å²) in [5, 5.41) is 11.9. The van der Waals surface area contributed by atoms with E-state index < -0.39 is 11.8 Å². The smallest absolute Gasteiger partial charge is 0.270 e. The van der Waals surface area contributed by atoms with Crippen LogP contribution in [0, 0.1) is 11.3 Å². The molecule has 3 aromatic rings. The first-order valence-corrected chi connectivity index (χ1v) is 10.0. The zero-order valence-corrected chi connectivity index (χ0v) is 17.9. The molecule has 0 atom stereocenters. The zero-order valence-electron chi connectivity index (χ0n) is 16.3. The molecule has 1 aromatic heterocycles. The quantitative estimate of drug-likeness (QED) is 0.355. The highest BCUT2D eigenvalue weighted by atomic mass is 35.5. The molecule has 32 heavy (non-hydrogen) atoms. The molecule has 0 aliphatic carbocycles. The number of pyridine rings is 1. The van der Waals surface area contributed by atoms with Gasteiger partial charge in [-0.15, -0.1) is 0 Å². The maximum Gasteiger partial charge on any atom is 0.270 e. The molecule has 2 aromatic carbocycles. The van der Waals surface area contributed by atoms with Crippen molar-refractivity contribution in [2.24, 2.45) is 0 Å². The monoisotopic (exact) mass is 460 g/mol. The predicted molar refractivity (Wildman–Crippen MR) is 123 cm³/mol. The average Bonchev–Trinajstić information content (AvgIpc) is 2.79. The largest absolute Gasteiger partial charge is 0.439 e. The first kappa shape index (κ1) is 21.2. The summed E-state index contributed by atoms with van der Waals surface area (Å²) in [5.41, 5.74) is 1.45. The van der Waals surface area contributed by atoms with Crippen LogP contribution >= 0.6 is 23.8 Å². The lowest BCUT2D eigenvalue weighted by Crippen LogP contribution is -2.54. The second-order valence-corrected chi connectivity index (χ2v) is 7.43. The van der Waals surface area contributed by atoms with Crippen molar-refractivity contribution in [2.45, 2.75) is 0 Å². The number of hydrogen-bond donors (Lipinski definition) is 1. The maximum absolute atomic E-state index is 13.0. The molecule has 0 bridgehead atoms. The van der Waals surface area contributed by atoms with Gasteiger partial charge in [-0.3, -0.25) is 19.8 Å². The number of rotatable bonds is 4. The predicted octanol–water partition coefficient (Wildman–Crippen LogP) is 4.23. The van der Waals surface area contributed by atoms with Gasteiger partial charge < -0.3 is 4.74 Å². The average molecular weight is 461 g/mol. The summed E-state index contributed by atoms with van der Waals surface area (Å²) in [4.78, 5) is 30.8. The summed E-state index contributed by atoms with van der Waals surface area (Å²) in [5.74, 6) is -0.307. The lowest BCUT2D eigenvalue weighted by atomic mass is 10.1. The molecule has 2 amide bonds. The van der Waals surface area contributed by atoms with Crippen molar-refractivity contribution in [2.75, 3.05) is 4.90 Å². The number of anilines is 1. The third kappa shape index (κ3) is 4.49. The Bertz CT molecular complexity index is 1280. The summed E-state index contributed by atoms with van der Waals surface area (Å²) < 4.78 is 5.64. The number of hydrogen-bond acceptors (Lipinski definition) is 6. The molecule has 1 fully saturated rings. The number of aromatic nitrogens is 1. The molecule has 0 saturated carbocycles. The molecular formula is C23H13ClN4O3S. The van der Waals surface area contributed by atoms with Crippen molar-refractivity contribution in [3.8, 4) is 17.7 Å². The molecular weight excluding hydrogens is 448 g/mol. The lowest BCUT2D eigenvalue weighted by molar-refractivity contribution is -0.122. The minimum absolute atomic E-state index is 0.0104. The Morgan fingerprint density at radius 1 is 1.06 bits per heavy atom. The highest BCUT2D eigenvalue weighted by Crippen LogP contribution is 2.24. The second kappa shape index (κ2) is 8.98. The number of thiocarbonyl (C=S) groups is 1. The van der Waals surface area contributed by atoms with Crippen LogP contribution in [0.4, 0.5) is 5.69 Å². The van der Waals surface area contributed by atoms with Crippen LogP contribution in [-0.2, 0) is 9.59 Å². The van der Waals surface area contributed by atoms with Crippen molar-refractivity contribution < 1.29 is 14.3 Å². The van der Waals surface area contributed by atoms with E-state index in [1.165, 1.54) is 17.2 Å². The number of nitrogens with one attached hydrogen (secondary N) is 1. The molecule has 9 heteroatoms. The number of halogens is 1. The molecule has 2 heterocycles. The van der Waals surface area contributed by atoms with E-state index in [2.05, 4.69) is 10.3 Å². The molecule has 1 saturated heterocycles. The van der Waals surface area contributed by atoms with Gasteiger partial charge in [-0.1, -0.05) is 11.6 Å². The van der Waals surface area contributed by atoms with Crippen molar-refractivity contribution in [1.29, 1.82) is 5.26 Å². The van der Waals surface area contributed by atoms with E-state index in [-0.39, 0.29) is 10.7 Å². The van der Waals surface area contributed by atoms with Gasteiger partial charge in [-0.05, 0) is 78.5 Å². The van der Waals surface area contributed by atoms with Crippen LogP contribution in [0.15, 0.2) is 72.4 Å². The van der Waals surface area contributed by atoms with Gasteiger partial charge in [0.2, 0.25) is 5.88 Å². The van der Waals surface area contributed by atoms with Crippen LogP contribution < -0.4 is 15.0 Å². The van der Waals surface area contributed by atoms with E-state index in [4.69, 9.17) is 33.8 Å². The number of nitrogens with zero attached hydrogens (tertiary/aromatic N) is 3. The molecule has 4 rings (SSSR count). The SMILES string of the molecule is N#Cc1ccc(Oc2ccc(C=C3C(=O)NC(=S)N(c4ccc(Cl)cc4)C3=O)cn2)cc1. The van der Waals surface area contributed by atoms with Crippen LogP contribution in [0.25, 0.3) is 6.08 Å². The van der Waals surface area contributed by atoms with Crippen LogP contribution in [0.2, 0.25) is 5.02 Å². The summed E-state index contributed by atoms with van der Waals surface area (Å²) >= 11 is 11.1. The van der Waals surface area contributed by atoms with Crippen LogP contribution in [0.1, 0.15) is 11.1 Å². The number of nitriles is 1. The van der Waals surface area contributed by atoms with Crippen molar-refractivity contribution in [1.82, 2.24) is 10.3 Å². The minimum Gasteiger partial charge on any atom is -0.439 e. The van der Waals surface area contributed by atoms with Crippen molar-refractivity contribution in [3.05, 3.63) is 88.6 Å². The van der Waals surface area contributed by atoms with Gasteiger partial charge in [0.15, 0.2) is 5.11 Å². The fraction of sp³-hybridized carbons (Fsp3) is 0. The molecule has 1 aliphatic rings. The van der Waals surface area contributed by atoms with E-state index >= 15 is 0 Å². The second-order valence-electron chi connectivity index (χ2n) is 6.60. The highest BCUT2D eigenvalue weighted by molar-refractivity contribution is 7.80. The third-order valence-electron chi connectivity index (χ3n) is 4.46. The van der Waals surface area contributed by atoms with E-state index in [1.807, 2.05) is 6.07 Å². The number of amides is 2. The lowest BCUT2D eigenvalue weighted by Gasteiger charge is -2.28. The summed E-state index contributed by atoms with van der Waals surface area (Å²) in [6.45, 7) is 0. The molecule has 1 N–H and O–H groups in total. The number of ether oxygens (including phenoxy) is 1. The standard InChI is InChI=1S/C23H13ClN4O3S/c24-16-4-6-17(7-5-16)28-22(30)19(21(29)27-23(28)32)11-15-3-10-20(26-13-15)31-18-8-1-14(12-25)2-9-18/h1-11,13H,(H,27,29,32). The Morgan fingerprint density at radius 2 is 1.78 bits per heavy atom. The Morgan fingerprint density at radius 3 is 2.41 bits per heavy atom. The summed E-state index contributed by atoms with van der Waals surface area (Å²) in [6, 6.07) is 18.4. The Labute approximate surface area is 193 Å². The highest BCUT2D eigenvalue weighted by Gasteiger charge is 2.34. The topological polar surface area (TPSA) is 95.3 Å². The molecule has 1 aliphatic heterocycles. The molecule has 156 valence electrons. The van der Waals surface area contributed by atoms with Gasteiger partial charge in [0.05, 0.1) is 17.3 Å². The van der Waals surface area contributed by atoms with Gasteiger partial charge in [0.1, 0.15) is 11.3 Å². The Balaban J connectivity index is 1.55. The first-order chi connectivity index (χ1) is 15.4. The van der Waals surface area contributed by atoms with Crippen LogP contribution in [-0.4, -0.2) is 21.9 Å². The van der Waals surface area contributed by atoms with E-state index in [1.54, 1.807) is 60.7 Å². The van der Waals surface area contributed by atoms with Crippen LogP contribution in [0.5, 0.6) is 11.6 Å². The minimum atomic E-state index is -0.594. The van der Waals surface area contributed by atoms with Gasteiger partial charge in [0.25, 0.3) is 11.8 Å². The fourth-order valence-electron chi connectivity index (χ4n) is 2.90. The fourth-order valence-corrected chi connectivity index (χ4v) is 3.31. The van der Waals surface area contributed by atoms with Crippen molar-refractivity contribution >= 4 is 52.5 Å². The molecule has 0 unspecified atom stereocenters. The Kier molecular flexibility index (Phi) is 5.94. The third-order valence-corrected chi connectivity index (χ3v) is 5.00. The molecule has 0 radical (unpaired) electrons. The summed E-state index contributed by atoms with van der Waals surface area (Å²) in [6.07, 6.45) is 2.91. The van der Waals surface area contributed by atoms with E-state index in [0.29, 0.717) is 33.5 Å². The van der Waals surface area contributed by atoms with Crippen molar-refractivity contribution in [3.63, 3.8) is 0 Å². The number of carbonyl (C=O) groups excluding carboxylic acids is 2. The van der Waals surface area contributed by atoms with Gasteiger partial charge >= 0.3 is 0 Å². The van der Waals surface area contributed by atoms with Crippen LogP contribution in [0.3, 0.4) is 0 Å². The van der Waals surface area contributed by atoms with Gasteiger partial charge in [0, 0.05) is 17.3 Å². The van der Waals surface area contributed by atoms with E-state index in [0.717, 1.165) is 0 Å². The zero-order chi connectivity index (χ0) is 22.7. The number of carbonyl (C=O) groups is 2. The first-order valence-electron chi connectivity index (χ1n) is 9.26. The maximum atomic E-state index is 13.0. The van der Waals surface area contributed by atoms with Gasteiger partial charge in [-0.2, -0.15) is 5.26 Å². The number of benzene rings is 2. The molecule has 7 nitrogen and oxygen atoms in total.